The predicted molar refractivity (Wildman–Crippen MR) is 109 cm³/mol. The summed E-state index contributed by atoms with van der Waals surface area (Å²) in [6, 6.07) is 6.98. The highest BCUT2D eigenvalue weighted by molar-refractivity contribution is 7.91. The Bertz CT molecular complexity index is 789. The second-order valence-corrected chi connectivity index (χ2v) is 9.96. The number of rotatable bonds is 6. The molecule has 154 valence electrons. The van der Waals surface area contributed by atoms with Crippen LogP contribution < -0.4 is 10.6 Å². The van der Waals surface area contributed by atoms with Crippen molar-refractivity contribution in [1.82, 2.24) is 10.2 Å². The number of hydrogen-bond acceptors (Lipinski definition) is 5. The van der Waals surface area contributed by atoms with Gasteiger partial charge in [-0.25, -0.2) is 8.42 Å². The van der Waals surface area contributed by atoms with Crippen LogP contribution in [0.1, 0.15) is 42.5 Å². The molecule has 8 heteroatoms. The zero-order chi connectivity index (χ0) is 20.0. The number of sulfone groups is 1. The number of anilines is 1. The van der Waals surface area contributed by atoms with Crippen LogP contribution in [0.5, 0.6) is 0 Å². The van der Waals surface area contributed by atoms with E-state index in [1.807, 2.05) is 4.90 Å². The summed E-state index contributed by atoms with van der Waals surface area (Å²) in [5, 5.41) is 5.81. The molecule has 1 heterocycles. The molecule has 0 unspecified atom stereocenters. The zero-order valence-corrected chi connectivity index (χ0v) is 17.0. The van der Waals surface area contributed by atoms with Gasteiger partial charge in [0.1, 0.15) is 0 Å². The van der Waals surface area contributed by atoms with Gasteiger partial charge in [0.15, 0.2) is 9.84 Å². The zero-order valence-electron chi connectivity index (χ0n) is 16.2. The summed E-state index contributed by atoms with van der Waals surface area (Å²) in [7, 11) is -2.89. The number of hydrogen-bond donors (Lipinski definition) is 2. The number of amides is 2. The van der Waals surface area contributed by atoms with Crippen LogP contribution in [-0.2, 0) is 14.6 Å². The maximum Gasteiger partial charge on any atom is 0.251 e. The molecule has 3 rings (SSSR count). The van der Waals surface area contributed by atoms with Crippen molar-refractivity contribution in [3.63, 3.8) is 0 Å². The van der Waals surface area contributed by atoms with Crippen LogP contribution in [0.25, 0.3) is 0 Å². The Balaban J connectivity index is 1.46. The van der Waals surface area contributed by atoms with Gasteiger partial charge in [0.2, 0.25) is 5.91 Å². The fourth-order valence-corrected chi connectivity index (χ4v) is 5.03. The molecule has 28 heavy (non-hydrogen) atoms. The highest BCUT2D eigenvalue weighted by atomic mass is 32.2. The lowest BCUT2D eigenvalue weighted by Crippen LogP contribution is -2.43. The molecule has 1 saturated heterocycles. The molecule has 0 atom stereocenters. The Morgan fingerprint density at radius 2 is 1.79 bits per heavy atom. The SMILES string of the molecule is O=C(NCCN1CCS(=O)(=O)CC1)c1cccc(NC(=O)C2CCCCC2)c1. The van der Waals surface area contributed by atoms with Gasteiger partial charge in [-0.1, -0.05) is 25.3 Å². The largest absolute Gasteiger partial charge is 0.351 e. The van der Waals surface area contributed by atoms with Crippen molar-refractivity contribution in [3.05, 3.63) is 29.8 Å². The van der Waals surface area contributed by atoms with Crippen molar-refractivity contribution in [2.75, 3.05) is 43.0 Å². The molecule has 7 nitrogen and oxygen atoms in total. The molecule has 0 bridgehead atoms. The molecule has 0 spiro atoms. The minimum absolute atomic E-state index is 0.0392. The van der Waals surface area contributed by atoms with Crippen LogP contribution in [-0.4, -0.2) is 62.8 Å². The Morgan fingerprint density at radius 3 is 2.50 bits per heavy atom. The Labute approximate surface area is 166 Å². The van der Waals surface area contributed by atoms with Crippen molar-refractivity contribution >= 4 is 27.3 Å². The Morgan fingerprint density at radius 1 is 1.07 bits per heavy atom. The number of benzene rings is 1. The first-order valence-corrected chi connectivity index (χ1v) is 11.9. The first kappa shape index (κ1) is 20.8. The molecular weight excluding hydrogens is 378 g/mol. The van der Waals surface area contributed by atoms with Crippen LogP contribution in [0.3, 0.4) is 0 Å². The molecule has 0 aromatic heterocycles. The molecule has 1 saturated carbocycles. The third-order valence-corrected chi connectivity index (χ3v) is 7.13. The monoisotopic (exact) mass is 407 g/mol. The van der Waals surface area contributed by atoms with E-state index >= 15 is 0 Å². The van der Waals surface area contributed by atoms with Gasteiger partial charge in [0.25, 0.3) is 5.91 Å². The Kier molecular flexibility index (Phi) is 7.07. The first-order chi connectivity index (χ1) is 13.4. The van der Waals surface area contributed by atoms with Crippen LogP contribution in [0, 0.1) is 5.92 Å². The van der Waals surface area contributed by atoms with Crippen molar-refractivity contribution < 1.29 is 18.0 Å². The minimum Gasteiger partial charge on any atom is -0.351 e. The third kappa shape index (κ3) is 6.04. The predicted octanol–water partition coefficient (Wildman–Crippen LogP) is 1.67. The van der Waals surface area contributed by atoms with Gasteiger partial charge in [0, 0.05) is 43.3 Å². The van der Waals surface area contributed by atoms with Crippen LogP contribution in [0.2, 0.25) is 0 Å². The normalized spacial score (nSPS) is 20.4. The lowest BCUT2D eigenvalue weighted by atomic mass is 9.88. The van der Waals surface area contributed by atoms with E-state index in [0.717, 1.165) is 25.7 Å². The highest BCUT2D eigenvalue weighted by Gasteiger charge is 2.22. The fourth-order valence-electron chi connectivity index (χ4n) is 3.75. The van der Waals surface area contributed by atoms with E-state index in [4.69, 9.17) is 0 Å². The van der Waals surface area contributed by atoms with E-state index in [-0.39, 0.29) is 29.2 Å². The summed E-state index contributed by atoms with van der Waals surface area (Å²) in [6.45, 7) is 2.11. The van der Waals surface area contributed by atoms with Crippen molar-refractivity contribution in [2.24, 2.45) is 5.92 Å². The summed E-state index contributed by atoms with van der Waals surface area (Å²) in [5.41, 5.74) is 1.15. The van der Waals surface area contributed by atoms with E-state index in [1.165, 1.54) is 6.42 Å². The standard InChI is InChI=1S/C20H29N3O4S/c24-19(21-9-10-23-11-13-28(26,27)14-12-23)17-7-4-8-18(15-17)22-20(25)16-5-2-1-3-6-16/h4,7-8,15-16H,1-3,5-6,9-14H2,(H,21,24)(H,22,25). The molecule has 2 amide bonds. The molecule has 1 aromatic carbocycles. The van der Waals surface area contributed by atoms with E-state index in [0.29, 0.717) is 37.4 Å². The molecular formula is C20H29N3O4S. The van der Waals surface area contributed by atoms with Crippen LogP contribution in [0.15, 0.2) is 24.3 Å². The van der Waals surface area contributed by atoms with E-state index in [1.54, 1.807) is 24.3 Å². The van der Waals surface area contributed by atoms with Gasteiger partial charge in [0.05, 0.1) is 11.5 Å². The maximum absolute atomic E-state index is 12.4. The van der Waals surface area contributed by atoms with E-state index < -0.39 is 9.84 Å². The minimum atomic E-state index is -2.89. The van der Waals surface area contributed by atoms with Crippen molar-refractivity contribution in [3.8, 4) is 0 Å². The summed E-state index contributed by atoms with van der Waals surface area (Å²) in [6.07, 6.45) is 5.27. The van der Waals surface area contributed by atoms with Gasteiger partial charge in [-0.2, -0.15) is 0 Å². The molecule has 1 aromatic rings. The lowest BCUT2D eigenvalue weighted by molar-refractivity contribution is -0.120. The van der Waals surface area contributed by atoms with Crippen LogP contribution in [0.4, 0.5) is 5.69 Å². The maximum atomic E-state index is 12.4. The first-order valence-electron chi connectivity index (χ1n) is 10.0. The molecule has 2 fully saturated rings. The van der Waals surface area contributed by atoms with E-state index in [2.05, 4.69) is 10.6 Å². The average Bonchev–Trinajstić information content (AvgIpc) is 2.70. The molecule has 1 aliphatic heterocycles. The summed E-state index contributed by atoms with van der Waals surface area (Å²) in [5.74, 6) is 0.281. The second-order valence-electron chi connectivity index (χ2n) is 7.65. The van der Waals surface area contributed by atoms with Gasteiger partial charge < -0.3 is 10.6 Å². The number of nitrogens with one attached hydrogen (secondary N) is 2. The lowest BCUT2D eigenvalue weighted by Gasteiger charge is -2.26. The van der Waals surface area contributed by atoms with Gasteiger partial charge in [-0.15, -0.1) is 0 Å². The van der Waals surface area contributed by atoms with E-state index in [9.17, 15) is 18.0 Å². The summed E-state index contributed by atoms with van der Waals surface area (Å²) < 4.78 is 22.9. The summed E-state index contributed by atoms with van der Waals surface area (Å²) in [4.78, 5) is 26.8. The second kappa shape index (κ2) is 9.52. The van der Waals surface area contributed by atoms with Gasteiger partial charge >= 0.3 is 0 Å². The summed E-state index contributed by atoms with van der Waals surface area (Å²) >= 11 is 0. The third-order valence-electron chi connectivity index (χ3n) is 5.52. The molecule has 2 aliphatic rings. The smallest absolute Gasteiger partial charge is 0.251 e. The van der Waals surface area contributed by atoms with Crippen LogP contribution >= 0.6 is 0 Å². The average molecular weight is 408 g/mol. The van der Waals surface area contributed by atoms with Gasteiger partial charge in [-0.3, -0.25) is 14.5 Å². The fraction of sp³-hybridized carbons (Fsp3) is 0.600. The van der Waals surface area contributed by atoms with Crippen molar-refractivity contribution in [1.29, 1.82) is 0 Å². The molecule has 0 radical (unpaired) electrons. The quantitative estimate of drug-likeness (QED) is 0.748. The molecule has 1 aliphatic carbocycles. The highest BCUT2D eigenvalue weighted by Crippen LogP contribution is 2.25. The topological polar surface area (TPSA) is 95.6 Å². The van der Waals surface area contributed by atoms with Gasteiger partial charge in [-0.05, 0) is 31.0 Å². The number of carbonyl (C=O) groups excluding carboxylic acids is 2. The number of carbonyl (C=O) groups is 2. The molecule has 2 N–H and O–H groups in total. The van der Waals surface area contributed by atoms with Crippen molar-refractivity contribution in [2.45, 2.75) is 32.1 Å². The Hall–Kier alpha value is -1.93. The number of nitrogens with zero attached hydrogens (tertiary/aromatic N) is 1.